The van der Waals surface area contributed by atoms with Crippen LogP contribution in [0.15, 0.2) is 0 Å². The molecular formula is C20H46N4O5Si2. The number of hydrogen-bond donors (Lipinski definition) is 2. The second-order valence-electron chi connectivity index (χ2n) is 8.75. The zero-order valence-corrected chi connectivity index (χ0v) is 22.6. The van der Waals surface area contributed by atoms with Crippen LogP contribution in [-0.2, 0) is 21.8 Å². The van der Waals surface area contributed by atoms with Gasteiger partial charge in [-0.2, -0.15) is 0 Å². The first-order chi connectivity index (χ1) is 14.9. The second-order valence-corrected chi connectivity index (χ2v) is 14.9. The molecule has 2 aliphatic rings. The van der Waals surface area contributed by atoms with Crippen molar-refractivity contribution in [3.05, 3.63) is 0 Å². The maximum absolute atomic E-state index is 6.59. The summed E-state index contributed by atoms with van der Waals surface area (Å²) in [4.78, 5) is 4.86. The fourth-order valence-corrected chi connectivity index (χ4v) is 11.0. The maximum atomic E-state index is 6.59. The minimum Gasteiger partial charge on any atom is -0.377 e. The first kappa shape index (κ1) is 27.3. The number of likely N-dealkylation sites (N-methyl/N-ethyl adjacent to an activating group) is 2. The molecule has 184 valence electrons. The molecule has 0 radical (unpaired) electrons. The molecule has 2 fully saturated rings. The summed E-state index contributed by atoms with van der Waals surface area (Å²) in [5.74, 6) is 0. The molecule has 0 aliphatic carbocycles. The minimum atomic E-state index is -2.88. The van der Waals surface area contributed by atoms with Gasteiger partial charge >= 0.3 is 17.6 Å². The summed E-state index contributed by atoms with van der Waals surface area (Å²) >= 11 is 0. The van der Waals surface area contributed by atoms with Crippen LogP contribution < -0.4 is 10.6 Å². The van der Waals surface area contributed by atoms with Crippen LogP contribution in [-0.4, -0.2) is 121 Å². The lowest BCUT2D eigenvalue weighted by molar-refractivity contribution is 0.0841. The van der Waals surface area contributed by atoms with Gasteiger partial charge in [0.15, 0.2) is 0 Å². The van der Waals surface area contributed by atoms with Crippen LogP contribution >= 0.6 is 0 Å². The van der Waals surface area contributed by atoms with Gasteiger partial charge in [-0.05, 0) is 39.8 Å². The second kappa shape index (κ2) is 13.7. The lowest BCUT2D eigenvalue weighted by Gasteiger charge is -2.37. The average molecular weight is 479 g/mol. The third kappa shape index (κ3) is 8.11. The van der Waals surface area contributed by atoms with E-state index in [0.717, 1.165) is 77.0 Å². The highest BCUT2D eigenvalue weighted by Crippen LogP contribution is 2.28. The molecule has 2 atom stereocenters. The Morgan fingerprint density at radius 3 is 1.42 bits per heavy atom. The van der Waals surface area contributed by atoms with Gasteiger partial charge in [-0.15, -0.1) is 0 Å². The van der Waals surface area contributed by atoms with Crippen LogP contribution in [0.4, 0.5) is 0 Å². The molecule has 11 heteroatoms. The zero-order chi connectivity index (χ0) is 22.7. The van der Waals surface area contributed by atoms with E-state index in [9.17, 15) is 0 Å². The van der Waals surface area contributed by atoms with Crippen molar-refractivity contribution in [3.63, 3.8) is 0 Å². The number of piperazine rings is 2. The molecule has 2 unspecified atom stereocenters. The largest absolute Gasteiger partial charge is 0.493 e. The molecule has 9 nitrogen and oxygen atoms in total. The van der Waals surface area contributed by atoms with Gasteiger partial charge in [-0.1, -0.05) is 0 Å². The first-order valence-electron chi connectivity index (χ1n) is 11.7. The predicted octanol–water partition coefficient (Wildman–Crippen LogP) is 0.834. The Hall–Kier alpha value is 0.0738. The van der Waals surface area contributed by atoms with Crippen LogP contribution in [0, 0.1) is 0 Å². The Bertz CT molecular complexity index is 458. The summed E-state index contributed by atoms with van der Waals surface area (Å²) in [6.07, 6.45) is 4.15. The third-order valence-electron chi connectivity index (χ3n) is 6.88. The van der Waals surface area contributed by atoms with E-state index >= 15 is 0 Å². The number of nitrogens with one attached hydrogen (secondary N) is 2. The van der Waals surface area contributed by atoms with Gasteiger partial charge in [0.05, 0.1) is 0 Å². The lowest BCUT2D eigenvalue weighted by Crippen LogP contribution is -2.57. The fraction of sp³-hybridized carbons (Fsp3) is 1.00. The Morgan fingerprint density at radius 2 is 1.10 bits per heavy atom. The number of nitrogens with zero attached hydrogens (tertiary/aromatic N) is 2. The smallest absolute Gasteiger partial charge is 0.377 e. The molecule has 2 aliphatic heterocycles. The van der Waals surface area contributed by atoms with Crippen LogP contribution in [0.2, 0.25) is 12.1 Å². The standard InChI is InChI=1S/C20H46N4O5Si2/c1-23-13-11-21-17-19(23)9-7-15-30(25-3,26-4)29-31(27-5,28-6)16-8-10-20-18-22-12-14-24(20)2/h19-22H,7-18H2,1-6H3. The highest BCUT2D eigenvalue weighted by molar-refractivity contribution is 6.74. The molecule has 0 saturated carbocycles. The van der Waals surface area contributed by atoms with Gasteiger partial charge in [0, 0.05) is 91.9 Å². The highest BCUT2D eigenvalue weighted by atomic mass is 28.5. The molecule has 2 heterocycles. The SMILES string of the molecule is CO[Si](CCCC1CNCCN1C)(OC)O[Si](CCCC1CNCCN1C)(OC)OC. The Morgan fingerprint density at radius 1 is 0.710 bits per heavy atom. The van der Waals surface area contributed by atoms with Crippen LogP contribution in [0.25, 0.3) is 0 Å². The van der Waals surface area contributed by atoms with E-state index in [0.29, 0.717) is 12.1 Å². The van der Waals surface area contributed by atoms with E-state index in [1.807, 2.05) is 0 Å². The highest BCUT2D eigenvalue weighted by Gasteiger charge is 2.51. The molecule has 0 aromatic rings. The molecule has 2 rings (SSSR count). The third-order valence-corrected chi connectivity index (χ3v) is 13.8. The molecule has 2 N–H and O–H groups in total. The van der Waals surface area contributed by atoms with Gasteiger partial charge < -0.3 is 42.3 Å². The fourth-order valence-electron chi connectivity index (χ4n) is 4.56. The predicted molar refractivity (Wildman–Crippen MR) is 127 cm³/mol. The van der Waals surface area contributed by atoms with Gasteiger partial charge in [0.1, 0.15) is 0 Å². The number of hydrogen-bond acceptors (Lipinski definition) is 9. The van der Waals surface area contributed by atoms with Crippen LogP contribution in [0.3, 0.4) is 0 Å². The van der Waals surface area contributed by atoms with Crippen molar-refractivity contribution in [1.29, 1.82) is 0 Å². The number of rotatable bonds is 14. The molecule has 2 saturated heterocycles. The topological polar surface area (TPSA) is 76.7 Å². The molecular weight excluding hydrogens is 432 g/mol. The van der Waals surface area contributed by atoms with E-state index in [2.05, 4.69) is 34.5 Å². The van der Waals surface area contributed by atoms with Gasteiger partial charge in [0.25, 0.3) is 0 Å². The minimum absolute atomic E-state index is 0.544. The summed E-state index contributed by atoms with van der Waals surface area (Å²) in [5, 5.41) is 6.97. The molecule has 0 aromatic heterocycles. The van der Waals surface area contributed by atoms with Crippen LogP contribution in [0.5, 0.6) is 0 Å². The molecule has 0 bridgehead atoms. The quantitative estimate of drug-likeness (QED) is 0.353. The average Bonchev–Trinajstić information content (AvgIpc) is 2.80. The van der Waals surface area contributed by atoms with Crippen molar-refractivity contribution in [2.45, 2.75) is 49.9 Å². The Labute approximate surface area is 191 Å². The van der Waals surface area contributed by atoms with Gasteiger partial charge in [0.2, 0.25) is 0 Å². The van der Waals surface area contributed by atoms with Crippen molar-refractivity contribution in [2.75, 3.05) is 81.8 Å². The maximum Gasteiger partial charge on any atom is 0.493 e. The molecule has 0 spiro atoms. The summed E-state index contributed by atoms with van der Waals surface area (Å²) in [7, 11) is 5.41. The van der Waals surface area contributed by atoms with E-state index in [1.54, 1.807) is 28.4 Å². The van der Waals surface area contributed by atoms with Crippen molar-refractivity contribution >= 4 is 17.6 Å². The molecule has 0 amide bonds. The summed E-state index contributed by atoms with van der Waals surface area (Å²) < 4.78 is 30.2. The van der Waals surface area contributed by atoms with Gasteiger partial charge in [-0.3, -0.25) is 0 Å². The van der Waals surface area contributed by atoms with E-state index < -0.39 is 17.6 Å². The summed E-state index contributed by atoms with van der Waals surface area (Å²) in [6.45, 7) is 6.37. The normalized spacial score (nSPS) is 24.6. The summed E-state index contributed by atoms with van der Waals surface area (Å²) in [5.41, 5.74) is 0. The van der Waals surface area contributed by atoms with E-state index in [-0.39, 0.29) is 0 Å². The lowest BCUT2D eigenvalue weighted by atomic mass is 10.1. The first-order valence-corrected chi connectivity index (χ1v) is 15.5. The zero-order valence-electron chi connectivity index (χ0n) is 20.6. The van der Waals surface area contributed by atoms with E-state index in [4.69, 9.17) is 21.8 Å². The van der Waals surface area contributed by atoms with Crippen molar-refractivity contribution in [2.24, 2.45) is 0 Å². The Kier molecular flexibility index (Phi) is 12.1. The van der Waals surface area contributed by atoms with Crippen molar-refractivity contribution < 1.29 is 21.8 Å². The van der Waals surface area contributed by atoms with Crippen molar-refractivity contribution in [3.8, 4) is 0 Å². The molecule has 0 aromatic carbocycles. The van der Waals surface area contributed by atoms with E-state index in [1.165, 1.54) is 0 Å². The monoisotopic (exact) mass is 478 g/mol. The molecule has 31 heavy (non-hydrogen) atoms. The van der Waals surface area contributed by atoms with Gasteiger partial charge in [-0.25, -0.2) is 0 Å². The summed E-state index contributed by atoms with van der Waals surface area (Å²) in [6, 6.07) is 2.62. The van der Waals surface area contributed by atoms with Crippen molar-refractivity contribution in [1.82, 2.24) is 20.4 Å². The van der Waals surface area contributed by atoms with Crippen LogP contribution in [0.1, 0.15) is 25.7 Å². The Balaban J connectivity index is 1.91.